The highest BCUT2D eigenvalue weighted by molar-refractivity contribution is 5.84. The lowest BCUT2D eigenvalue weighted by molar-refractivity contribution is 0.271. The lowest BCUT2D eigenvalue weighted by Crippen LogP contribution is -2.46. The zero-order valence-electron chi connectivity index (χ0n) is 10.4. The number of nitrogens with zero attached hydrogens (tertiary/aromatic N) is 5. The van der Waals surface area contributed by atoms with Crippen LogP contribution in [0.3, 0.4) is 0 Å². The molecule has 7 nitrogen and oxygen atoms in total. The number of nitrogens with two attached hydrogens (primary N) is 1. The Kier molecular flexibility index (Phi) is 2.75. The maximum absolute atomic E-state index is 5.73. The van der Waals surface area contributed by atoms with Crippen molar-refractivity contribution in [3.05, 3.63) is 6.33 Å². The largest absolute Gasteiger partial charge is 0.368 e. The molecule has 0 amide bonds. The first kappa shape index (κ1) is 11.2. The summed E-state index contributed by atoms with van der Waals surface area (Å²) < 4.78 is 0. The van der Waals surface area contributed by atoms with Crippen molar-refractivity contribution in [2.75, 3.05) is 43.4 Å². The Labute approximate surface area is 105 Å². The molecule has 3 N–H and O–H groups in total. The number of imidazole rings is 1. The van der Waals surface area contributed by atoms with Crippen LogP contribution >= 0.6 is 0 Å². The Balaban J connectivity index is 1.92. The topological polar surface area (TPSA) is 87.0 Å². The van der Waals surface area contributed by atoms with E-state index in [1.807, 2.05) is 0 Å². The maximum atomic E-state index is 5.73. The zero-order chi connectivity index (χ0) is 12.5. The summed E-state index contributed by atoms with van der Waals surface area (Å²) in [5, 5.41) is 0. The van der Waals surface area contributed by atoms with Crippen LogP contribution in [0.1, 0.15) is 6.92 Å². The van der Waals surface area contributed by atoms with Crippen LogP contribution in [0, 0.1) is 0 Å². The highest BCUT2D eigenvalue weighted by Gasteiger charge is 2.20. The average Bonchev–Trinajstić information content (AvgIpc) is 2.86. The smallest absolute Gasteiger partial charge is 0.224 e. The highest BCUT2D eigenvalue weighted by Crippen LogP contribution is 2.22. The average molecular weight is 247 g/mol. The monoisotopic (exact) mass is 247 g/mol. The summed E-state index contributed by atoms with van der Waals surface area (Å²) in [5.74, 6) is 1.15. The van der Waals surface area contributed by atoms with Crippen molar-refractivity contribution < 1.29 is 0 Å². The molecule has 1 aliphatic heterocycles. The van der Waals surface area contributed by atoms with E-state index in [9.17, 15) is 0 Å². The summed E-state index contributed by atoms with van der Waals surface area (Å²) in [6.07, 6.45) is 1.63. The fourth-order valence-electron chi connectivity index (χ4n) is 2.34. The quantitative estimate of drug-likeness (QED) is 0.781. The van der Waals surface area contributed by atoms with Gasteiger partial charge < -0.3 is 20.5 Å². The van der Waals surface area contributed by atoms with Gasteiger partial charge in [-0.2, -0.15) is 9.97 Å². The van der Waals surface area contributed by atoms with E-state index >= 15 is 0 Å². The van der Waals surface area contributed by atoms with Crippen LogP contribution in [0.15, 0.2) is 6.33 Å². The van der Waals surface area contributed by atoms with Crippen LogP contribution in [0.25, 0.3) is 11.2 Å². The van der Waals surface area contributed by atoms with E-state index in [2.05, 4.69) is 36.7 Å². The second kappa shape index (κ2) is 4.41. The van der Waals surface area contributed by atoms with Crippen molar-refractivity contribution in [3.8, 4) is 0 Å². The first-order chi connectivity index (χ1) is 8.78. The summed E-state index contributed by atoms with van der Waals surface area (Å²) in [7, 11) is 0. The number of fused-ring (bicyclic) bond motifs is 1. The number of piperazine rings is 1. The van der Waals surface area contributed by atoms with Gasteiger partial charge in [-0.05, 0) is 6.54 Å². The summed E-state index contributed by atoms with van der Waals surface area (Å²) in [6, 6.07) is 0. The van der Waals surface area contributed by atoms with Crippen LogP contribution in [0.5, 0.6) is 0 Å². The van der Waals surface area contributed by atoms with E-state index in [4.69, 9.17) is 5.73 Å². The molecule has 1 aliphatic rings. The van der Waals surface area contributed by atoms with Crippen molar-refractivity contribution in [2.45, 2.75) is 6.92 Å². The van der Waals surface area contributed by atoms with E-state index in [0.717, 1.165) is 44.1 Å². The third-order valence-electron chi connectivity index (χ3n) is 3.40. The third-order valence-corrected chi connectivity index (χ3v) is 3.40. The number of aromatic nitrogens is 4. The van der Waals surface area contributed by atoms with Crippen LogP contribution in [0.4, 0.5) is 11.8 Å². The molecule has 0 radical (unpaired) electrons. The fourth-order valence-corrected chi connectivity index (χ4v) is 2.34. The van der Waals surface area contributed by atoms with E-state index in [1.54, 1.807) is 6.33 Å². The molecule has 0 bridgehead atoms. The Morgan fingerprint density at radius 2 is 2.06 bits per heavy atom. The molecule has 0 unspecified atom stereocenters. The molecule has 0 spiro atoms. The molecule has 7 heteroatoms. The minimum atomic E-state index is 0.280. The Morgan fingerprint density at radius 3 is 2.78 bits per heavy atom. The van der Waals surface area contributed by atoms with E-state index in [0.29, 0.717) is 5.65 Å². The summed E-state index contributed by atoms with van der Waals surface area (Å²) in [5.41, 5.74) is 7.24. The standard InChI is InChI=1S/C11H17N7/c1-2-17-3-5-18(6-4-17)10-8-9(14-7-13-8)15-11(12)16-10/h7H,2-6H2,1H3,(H3,12,13,14,15,16). The van der Waals surface area contributed by atoms with Gasteiger partial charge in [0, 0.05) is 26.2 Å². The van der Waals surface area contributed by atoms with Gasteiger partial charge in [-0.25, -0.2) is 4.98 Å². The molecule has 18 heavy (non-hydrogen) atoms. The van der Waals surface area contributed by atoms with Gasteiger partial charge in [0.2, 0.25) is 5.95 Å². The number of rotatable bonds is 2. The van der Waals surface area contributed by atoms with Crippen LogP contribution in [-0.2, 0) is 0 Å². The van der Waals surface area contributed by atoms with Gasteiger partial charge in [-0.3, -0.25) is 0 Å². The van der Waals surface area contributed by atoms with Crippen molar-refractivity contribution in [1.82, 2.24) is 24.8 Å². The molecule has 2 aromatic heterocycles. The molecule has 1 fully saturated rings. The maximum Gasteiger partial charge on any atom is 0.224 e. The molecule has 0 saturated carbocycles. The summed E-state index contributed by atoms with van der Waals surface area (Å²) in [4.78, 5) is 20.4. The van der Waals surface area contributed by atoms with Crippen molar-refractivity contribution in [2.24, 2.45) is 0 Å². The van der Waals surface area contributed by atoms with Crippen molar-refractivity contribution >= 4 is 22.9 Å². The predicted molar refractivity (Wildman–Crippen MR) is 70.4 cm³/mol. The van der Waals surface area contributed by atoms with Gasteiger partial charge in [0.05, 0.1) is 6.33 Å². The van der Waals surface area contributed by atoms with Crippen molar-refractivity contribution in [1.29, 1.82) is 0 Å². The third kappa shape index (κ3) is 1.86. The molecule has 3 heterocycles. The number of H-pyrrole nitrogens is 1. The van der Waals surface area contributed by atoms with Crippen LogP contribution in [-0.4, -0.2) is 57.6 Å². The molecule has 0 atom stereocenters. The lowest BCUT2D eigenvalue weighted by atomic mass is 10.3. The van der Waals surface area contributed by atoms with Crippen LogP contribution in [0.2, 0.25) is 0 Å². The number of likely N-dealkylation sites (N-methyl/N-ethyl adjacent to an activating group) is 1. The van der Waals surface area contributed by atoms with Crippen LogP contribution < -0.4 is 10.6 Å². The SMILES string of the molecule is CCN1CCN(c2nc(N)nc3nc[nH]c23)CC1. The predicted octanol–water partition coefficient (Wildman–Crippen LogP) is 0.0770. The van der Waals surface area contributed by atoms with Gasteiger partial charge in [0.15, 0.2) is 11.5 Å². The van der Waals surface area contributed by atoms with Gasteiger partial charge in [-0.15, -0.1) is 0 Å². The molecule has 2 aromatic rings. The Hall–Kier alpha value is -1.89. The fraction of sp³-hybridized carbons (Fsp3) is 0.545. The number of hydrogen-bond acceptors (Lipinski definition) is 6. The molecule has 3 rings (SSSR count). The minimum absolute atomic E-state index is 0.280. The van der Waals surface area contributed by atoms with Gasteiger partial charge in [0.25, 0.3) is 0 Å². The molecule has 0 aliphatic carbocycles. The van der Waals surface area contributed by atoms with Gasteiger partial charge >= 0.3 is 0 Å². The normalized spacial score (nSPS) is 17.5. The first-order valence-electron chi connectivity index (χ1n) is 6.22. The highest BCUT2D eigenvalue weighted by atomic mass is 15.3. The molecule has 0 aromatic carbocycles. The summed E-state index contributed by atoms with van der Waals surface area (Å²) >= 11 is 0. The first-order valence-corrected chi connectivity index (χ1v) is 6.22. The number of hydrogen-bond donors (Lipinski definition) is 2. The number of nitrogens with one attached hydrogen (secondary N) is 1. The second-order valence-electron chi connectivity index (χ2n) is 4.43. The van der Waals surface area contributed by atoms with Gasteiger partial charge in [-0.1, -0.05) is 6.92 Å². The number of aromatic amines is 1. The van der Waals surface area contributed by atoms with Gasteiger partial charge in [0.1, 0.15) is 5.52 Å². The molecule has 96 valence electrons. The van der Waals surface area contributed by atoms with E-state index in [1.165, 1.54) is 0 Å². The molecular weight excluding hydrogens is 230 g/mol. The summed E-state index contributed by atoms with van der Waals surface area (Å²) in [6.45, 7) is 7.30. The minimum Gasteiger partial charge on any atom is -0.368 e. The second-order valence-corrected chi connectivity index (χ2v) is 4.43. The molecule has 1 saturated heterocycles. The zero-order valence-corrected chi connectivity index (χ0v) is 10.4. The number of nitrogen functional groups attached to an aromatic ring is 1. The van der Waals surface area contributed by atoms with Crippen molar-refractivity contribution in [3.63, 3.8) is 0 Å². The number of anilines is 2. The molecular formula is C11H17N7. The Bertz CT molecular complexity index is 541. The lowest BCUT2D eigenvalue weighted by Gasteiger charge is -2.34. The van der Waals surface area contributed by atoms with E-state index in [-0.39, 0.29) is 5.95 Å². The van der Waals surface area contributed by atoms with E-state index < -0.39 is 0 Å². The Morgan fingerprint density at radius 1 is 1.28 bits per heavy atom.